The predicted molar refractivity (Wildman–Crippen MR) is 79.4 cm³/mol. The van der Waals surface area contributed by atoms with Crippen LogP contribution in [0.3, 0.4) is 0 Å². The summed E-state index contributed by atoms with van der Waals surface area (Å²) in [5.74, 6) is 3.09. The van der Waals surface area contributed by atoms with Gasteiger partial charge in [0.25, 0.3) is 0 Å². The first-order valence-electron chi connectivity index (χ1n) is 6.95. The number of nitrogens with one attached hydrogen (secondary N) is 1. The average Bonchev–Trinajstić information content (AvgIpc) is 3.25. The van der Waals surface area contributed by atoms with Gasteiger partial charge in [0, 0.05) is 23.2 Å². The largest absolute Gasteiger partial charge is 0.313 e. The Labute approximate surface area is 119 Å². The molecular formula is C15H20ClNS. The summed E-state index contributed by atoms with van der Waals surface area (Å²) < 4.78 is 0. The zero-order valence-electron chi connectivity index (χ0n) is 10.6. The first kappa shape index (κ1) is 12.8. The molecule has 3 rings (SSSR count). The Morgan fingerprint density at radius 1 is 1.17 bits per heavy atom. The highest BCUT2D eigenvalue weighted by molar-refractivity contribution is 7.99. The summed E-state index contributed by atoms with van der Waals surface area (Å²) in [6.45, 7) is 1.10. The minimum atomic E-state index is 0.817. The molecule has 0 saturated heterocycles. The smallest absolute Gasteiger partial charge is 0.0541 e. The van der Waals surface area contributed by atoms with E-state index in [1.807, 2.05) is 23.9 Å². The monoisotopic (exact) mass is 281 g/mol. The van der Waals surface area contributed by atoms with Gasteiger partial charge in [-0.15, -0.1) is 11.8 Å². The third kappa shape index (κ3) is 3.43. The molecule has 0 atom stereocenters. The molecule has 18 heavy (non-hydrogen) atoms. The van der Waals surface area contributed by atoms with Crippen molar-refractivity contribution in [3.63, 3.8) is 0 Å². The van der Waals surface area contributed by atoms with Gasteiger partial charge in [0.15, 0.2) is 0 Å². The lowest BCUT2D eigenvalue weighted by atomic mass is 10.1. The van der Waals surface area contributed by atoms with Crippen molar-refractivity contribution >= 4 is 23.4 Å². The molecule has 3 heteroatoms. The minimum Gasteiger partial charge on any atom is -0.313 e. The van der Waals surface area contributed by atoms with Crippen molar-refractivity contribution in [1.82, 2.24) is 5.32 Å². The molecule has 2 aliphatic rings. The summed E-state index contributed by atoms with van der Waals surface area (Å²) in [4.78, 5) is 1.20. The van der Waals surface area contributed by atoms with Crippen LogP contribution in [0.5, 0.6) is 0 Å². The van der Waals surface area contributed by atoms with E-state index >= 15 is 0 Å². The Morgan fingerprint density at radius 2 is 1.83 bits per heavy atom. The van der Waals surface area contributed by atoms with Gasteiger partial charge >= 0.3 is 0 Å². The van der Waals surface area contributed by atoms with Gasteiger partial charge in [-0.1, -0.05) is 23.7 Å². The lowest BCUT2D eigenvalue weighted by molar-refractivity contribution is 0.429. The van der Waals surface area contributed by atoms with Crippen LogP contribution in [-0.2, 0) is 0 Å². The second kappa shape index (κ2) is 5.85. The molecule has 0 radical (unpaired) electrons. The molecule has 1 aromatic rings. The van der Waals surface area contributed by atoms with Crippen LogP contribution < -0.4 is 5.32 Å². The van der Waals surface area contributed by atoms with E-state index in [1.54, 1.807) is 0 Å². The molecule has 0 unspecified atom stereocenters. The molecule has 1 N–H and O–H groups in total. The van der Waals surface area contributed by atoms with Gasteiger partial charge in [0.05, 0.1) is 5.02 Å². The highest BCUT2D eigenvalue weighted by atomic mass is 35.5. The van der Waals surface area contributed by atoms with Crippen molar-refractivity contribution in [2.75, 3.05) is 12.3 Å². The molecule has 0 bridgehead atoms. The number of halogens is 1. The highest BCUT2D eigenvalue weighted by Crippen LogP contribution is 2.44. The Bertz CT molecular complexity index is 389. The quantitative estimate of drug-likeness (QED) is 0.593. The van der Waals surface area contributed by atoms with Gasteiger partial charge in [0.1, 0.15) is 0 Å². The first-order chi connectivity index (χ1) is 8.84. The lowest BCUT2D eigenvalue weighted by Crippen LogP contribution is -2.34. The maximum Gasteiger partial charge on any atom is 0.0541 e. The molecule has 2 aliphatic carbocycles. The summed E-state index contributed by atoms with van der Waals surface area (Å²) in [6.07, 6.45) is 5.80. The van der Waals surface area contributed by atoms with Gasteiger partial charge in [-0.3, -0.25) is 0 Å². The Kier molecular flexibility index (Phi) is 4.17. The number of thioether (sulfide) groups is 1. The second-order valence-electron chi connectivity index (χ2n) is 5.43. The van der Waals surface area contributed by atoms with Crippen molar-refractivity contribution < 1.29 is 0 Å². The first-order valence-corrected chi connectivity index (χ1v) is 8.31. The highest BCUT2D eigenvalue weighted by Gasteiger charge is 2.40. The van der Waals surface area contributed by atoms with E-state index in [2.05, 4.69) is 17.4 Å². The molecule has 0 amide bonds. The zero-order valence-corrected chi connectivity index (χ0v) is 12.1. The van der Waals surface area contributed by atoms with Crippen LogP contribution in [0.25, 0.3) is 0 Å². The summed E-state index contributed by atoms with van der Waals surface area (Å²) in [5, 5.41) is 4.65. The molecule has 98 valence electrons. The topological polar surface area (TPSA) is 12.0 Å². The molecule has 2 fully saturated rings. The van der Waals surface area contributed by atoms with Crippen molar-refractivity contribution in [3.05, 3.63) is 29.3 Å². The molecule has 0 spiro atoms. The SMILES string of the molecule is Clc1ccccc1SCCNC(C1CC1)C1CC1. The van der Waals surface area contributed by atoms with Crippen molar-refractivity contribution in [2.24, 2.45) is 11.8 Å². The van der Waals surface area contributed by atoms with E-state index in [9.17, 15) is 0 Å². The lowest BCUT2D eigenvalue weighted by Gasteiger charge is -2.17. The Hall–Kier alpha value is -0.180. The van der Waals surface area contributed by atoms with E-state index in [0.717, 1.165) is 35.2 Å². The maximum absolute atomic E-state index is 6.15. The average molecular weight is 282 g/mol. The van der Waals surface area contributed by atoms with Gasteiger partial charge in [0.2, 0.25) is 0 Å². The molecule has 0 aliphatic heterocycles. The third-order valence-electron chi connectivity index (χ3n) is 3.84. The van der Waals surface area contributed by atoms with E-state index in [0.29, 0.717) is 0 Å². The van der Waals surface area contributed by atoms with Crippen molar-refractivity contribution in [2.45, 2.75) is 36.6 Å². The summed E-state index contributed by atoms with van der Waals surface area (Å²) in [5.41, 5.74) is 0. The number of rotatable bonds is 7. The van der Waals surface area contributed by atoms with E-state index in [1.165, 1.54) is 30.6 Å². The molecule has 1 nitrogen and oxygen atoms in total. The zero-order chi connectivity index (χ0) is 12.4. The minimum absolute atomic E-state index is 0.817. The summed E-state index contributed by atoms with van der Waals surface area (Å²) in [6, 6.07) is 8.93. The van der Waals surface area contributed by atoms with E-state index < -0.39 is 0 Å². The van der Waals surface area contributed by atoms with Crippen molar-refractivity contribution in [1.29, 1.82) is 0 Å². The van der Waals surface area contributed by atoms with Crippen molar-refractivity contribution in [3.8, 4) is 0 Å². The van der Waals surface area contributed by atoms with Crippen LogP contribution in [0, 0.1) is 11.8 Å². The second-order valence-corrected chi connectivity index (χ2v) is 6.98. The van der Waals surface area contributed by atoms with Crippen LogP contribution in [0.2, 0.25) is 5.02 Å². The fourth-order valence-electron chi connectivity index (χ4n) is 2.58. The predicted octanol–water partition coefficient (Wildman–Crippen LogP) is 4.21. The molecule has 1 aromatic carbocycles. The van der Waals surface area contributed by atoms with E-state index in [-0.39, 0.29) is 0 Å². The summed E-state index contributed by atoms with van der Waals surface area (Å²) >= 11 is 8.00. The Morgan fingerprint density at radius 3 is 2.44 bits per heavy atom. The van der Waals surface area contributed by atoms with E-state index in [4.69, 9.17) is 11.6 Å². The third-order valence-corrected chi connectivity index (χ3v) is 5.35. The van der Waals surface area contributed by atoms with Gasteiger partial charge in [-0.2, -0.15) is 0 Å². The van der Waals surface area contributed by atoms with Crippen LogP contribution in [0.1, 0.15) is 25.7 Å². The van der Waals surface area contributed by atoms with Gasteiger partial charge in [-0.05, 0) is 49.7 Å². The molecular weight excluding hydrogens is 262 g/mol. The fraction of sp³-hybridized carbons (Fsp3) is 0.600. The van der Waals surface area contributed by atoms with Gasteiger partial charge in [-0.25, -0.2) is 0 Å². The number of benzene rings is 1. The normalized spacial score (nSPS) is 19.4. The fourth-order valence-corrected chi connectivity index (χ4v) is 3.70. The maximum atomic E-state index is 6.15. The Balaban J connectivity index is 1.40. The van der Waals surface area contributed by atoms with Crippen LogP contribution in [-0.4, -0.2) is 18.3 Å². The van der Waals surface area contributed by atoms with Crippen LogP contribution in [0.15, 0.2) is 29.2 Å². The standard InChI is InChI=1S/C15H20ClNS/c16-13-3-1-2-4-14(13)18-10-9-17-15(11-5-6-11)12-7-8-12/h1-4,11-12,15,17H,5-10H2. The number of hydrogen-bond acceptors (Lipinski definition) is 2. The molecule has 0 aromatic heterocycles. The summed E-state index contributed by atoms with van der Waals surface area (Å²) in [7, 11) is 0. The van der Waals surface area contributed by atoms with Crippen LogP contribution >= 0.6 is 23.4 Å². The molecule has 0 heterocycles. The molecule has 2 saturated carbocycles. The van der Waals surface area contributed by atoms with Gasteiger partial charge < -0.3 is 5.32 Å². The number of hydrogen-bond donors (Lipinski definition) is 1. The van der Waals surface area contributed by atoms with Crippen LogP contribution in [0.4, 0.5) is 0 Å².